The predicted octanol–water partition coefficient (Wildman–Crippen LogP) is 5.05. The van der Waals surface area contributed by atoms with Gasteiger partial charge in [-0.05, 0) is 28.8 Å². The minimum Gasteiger partial charge on any atom is -0.309 e. The number of nitrogens with one attached hydrogen (secondary N) is 1. The molecule has 0 saturated heterocycles. The highest BCUT2D eigenvalue weighted by molar-refractivity contribution is 6.04. The van der Waals surface area contributed by atoms with Gasteiger partial charge in [0.05, 0.1) is 0 Å². The van der Waals surface area contributed by atoms with Crippen molar-refractivity contribution < 1.29 is 4.79 Å². The number of aromatic nitrogens is 1. The molecule has 3 heteroatoms. The van der Waals surface area contributed by atoms with Gasteiger partial charge in [0, 0.05) is 6.20 Å². The number of amides is 1. The summed E-state index contributed by atoms with van der Waals surface area (Å²) >= 11 is 0. The molecule has 1 N–H and O–H groups in total. The summed E-state index contributed by atoms with van der Waals surface area (Å²) in [7, 11) is 0. The van der Waals surface area contributed by atoms with Crippen LogP contribution in [0.3, 0.4) is 0 Å². The first-order valence-corrected chi connectivity index (χ1v) is 9.21. The zero-order chi connectivity index (χ0) is 19.2. The first kappa shape index (κ1) is 17.7. The average Bonchev–Trinajstić information content (AvgIpc) is 2.77. The van der Waals surface area contributed by atoms with Crippen molar-refractivity contribution in [3.8, 4) is 0 Å². The van der Waals surface area contributed by atoms with E-state index in [4.69, 9.17) is 0 Å². The molecule has 0 radical (unpaired) electrons. The molecule has 0 aliphatic rings. The van der Waals surface area contributed by atoms with Crippen LogP contribution in [0.1, 0.15) is 16.7 Å². The number of carbonyl (C=O) groups is 1. The van der Waals surface area contributed by atoms with Gasteiger partial charge in [-0.1, -0.05) is 97.1 Å². The van der Waals surface area contributed by atoms with Gasteiger partial charge in [-0.25, -0.2) is 4.98 Å². The topological polar surface area (TPSA) is 42.0 Å². The van der Waals surface area contributed by atoms with Crippen molar-refractivity contribution in [1.29, 1.82) is 0 Å². The molecule has 0 aliphatic carbocycles. The van der Waals surface area contributed by atoms with Gasteiger partial charge in [0.15, 0.2) is 0 Å². The van der Waals surface area contributed by atoms with Crippen LogP contribution in [0.4, 0.5) is 5.82 Å². The van der Waals surface area contributed by atoms with E-state index in [0.29, 0.717) is 5.82 Å². The number of carbonyl (C=O) groups excluding carboxylic acids is 1. The Morgan fingerprint density at radius 3 is 1.43 bits per heavy atom. The predicted molar refractivity (Wildman–Crippen MR) is 112 cm³/mol. The summed E-state index contributed by atoms with van der Waals surface area (Å²) in [6, 6.07) is 35.1. The van der Waals surface area contributed by atoms with Crippen LogP contribution in [0, 0.1) is 0 Å². The van der Waals surface area contributed by atoms with Crippen molar-refractivity contribution >= 4 is 11.7 Å². The Kier molecular flexibility index (Phi) is 4.98. The van der Waals surface area contributed by atoms with Crippen LogP contribution in [0.2, 0.25) is 0 Å². The molecule has 0 bridgehead atoms. The standard InChI is InChI=1S/C25H20N2O/c28-24(27-23-18-10-11-19-26-23)25(20-12-4-1-5-13-20,21-14-6-2-7-15-21)22-16-8-3-9-17-22/h1-19H,(H,26,27,28). The van der Waals surface area contributed by atoms with Gasteiger partial charge in [-0.3, -0.25) is 4.79 Å². The monoisotopic (exact) mass is 364 g/mol. The molecule has 0 spiro atoms. The molecule has 4 aromatic rings. The van der Waals surface area contributed by atoms with Crippen molar-refractivity contribution in [2.75, 3.05) is 5.32 Å². The average molecular weight is 364 g/mol. The van der Waals surface area contributed by atoms with E-state index in [9.17, 15) is 4.79 Å². The smallest absolute Gasteiger partial charge is 0.245 e. The van der Waals surface area contributed by atoms with E-state index < -0.39 is 5.41 Å². The molecule has 136 valence electrons. The van der Waals surface area contributed by atoms with Crippen molar-refractivity contribution in [1.82, 2.24) is 4.98 Å². The molecule has 0 unspecified atom stereocenters. The maximum Gasteiger partial charge on any atom is 0.245 e. The highest BCUT2D eigenvalue weighted by Gasteiger charge is 2.43. The summed E-state index contributed by atoms with van der Waals surface area (Å²) in [5, 5.41) is 3.03. The lowest BCUT2D eigenvalue weighted by atomic mass is 9.68. The first-order valence-electron chi connectivity index (χ1n) is 9.21. The first-order chi connectivity index (χ1) is 13.8. The van der Waals surface area contributed by atoms with Crippen LogP contribution < -0.4 is 5.32 Å². The fraction of sp³-hybridized carbons (Fsp3) is 0.0400. The van der Waals surface area contributed by atoms with E-state index in [2.05, 4.69) is 10.3 Å². The van der Waals surface area contributed by atoms with Gasteiger partial charge < -0.3 is 5.32 Å². The minimum absolute atomic E-state index is 0.144. The third kappa shape index (κ3) is 3.19. The van der Waals surface area contributed by atoms with E-state index in [0.717, 1.165) is 16.7 Å². The number of benzene rings is 3. The molecule has 4 rings (SSSR count). The molecule has 0 fully saturated rings. The second-order valence-electron chi connectivity index (χ2n) is 6.52. The second-order valence-corrected chi connectivity index (χ2v) is 6.52. The van der Waals surface area contributed by atoms with Crippen molar-refractivity contribution in [3.63, 3.8) is 0 Å². The van der Waals surface area contributed by atoms with Crippen molar-refractivity contribution in [2.45, 2.75) is 5.41 Å². The van der Waals surface area contributed by atoms with Gasteiger partial charge in [0.2, 0.25) is 5.91 Å². The summed E-state index contributed by atoms with van der Waals surface area (Å²) < 4.78 is 0. The van der Waals surface area contributed by atoms with Crippen molar-refractivity contribution in [2.24, 2.45) is 0 Å². The number of hydrogen-bond donors (Lipinski definition) is 1. The zero-order valence-electron chi connectivity index (χ0n) is 15.3. The second kappa shape index (κ2) is 7.89. The van der Waals surface area contributed by atoms with Gasteiger partial charge in [0.1, 0.15) is 11.2 Å². The Labute approximate surface area is 164 Å². The Balaban J connectivity index is 1.97. The molecular weight excluding hydrogens is 344 g/mol. The number of anilines is 1. The molecule has 3 aromatic carbocycles. The van der Waals surface area contributed by atoms with Crippen LogP contribution >= 0.6 is 0 Å². The van der Waals surface area contributed by atoms with Gasteiger partial charge in [0.25, 0.3) is 0 Å². The highest BCUT2D eigenvalue weighted by atomic mass is 16.2. The van der Waals surface area contributed by atoms with E-state index in [1.165, 1.54) is 0 Å². The minimum atomic E-state index is -0.999. The van der Waals surface area contributed by atoms with Gasteiger partial charge in [-0.15, -0.1) is 0 Å². The Morgan fingerprint density at radius 1 is 0.607 bits per heavy atom. The highest BCUT2D eigenvalue weighted by Crippen LogP contribution is 2.40. The Morgan fingerprint density at radius 2 is 1.04 bits per heavy atom. The molecule has 1 heterocycles. The quantitative estimate of drug-likeness (QED) is 0.503. The van der Waals surface area contributed by atoms with E-state index in [1.807, 2.05) is 103 Å². The molecule has 3 nitrogen and oxygen atoms in total. The Bertz CT molecular complexity index is 936. The number of rotatable bonds is 5. The van der Waals surface area contributed by atoms with E-state index >= 15 is 0 Å². The molecule has 28 heavy (non-hydrogen) atoms. The van der Waals surface area contributed by atoms with Crippen LogP contribution in [0.25, 0.3) is 0 Å². The largest absolute Gasteiger partial charge is 0.309 e. The SMILES string of the molecule is O=C(Nc1ccccn1)C(c1ccccc1)(c1ccccc1)c1ccccc1. The molecule has 1 amide bonds. The summed E-state index contributed by atoms with van der Waals surface area (Å²) in [6.45, 7) is 0. The molecule has 0 saturated carbocycles. The van der Waals surface area contributed by atoms with Crippen molar-refractivity contribution in [3.05, 3.63) is 132 Å². The maximum atomic E-state index is 13.9. The van der Waals surface area contributed by atoms with Crippen LogP contribution in [-0.2, 0) is 10.2 Å². The molecule has 1 aromatic heterocycles. The lowest BCUT2D eigenvalue weighted by Gasteiger charge is -2.34. The zero-order valence-corrected chi connectivity index (χ0v) is 15.3. The summed E-state index contributed by atoms with van der Waals surface area (Å²) in [5.74, 6) is 0.384. The number of pyridine rings is 1. The number of nitrogens with zero attached hydrogens (tertiary/aromatic N) is 1. The van der Waals surface area contributed by atoms with E-state index in [1.54, 1.807) is 12.3 Å². The van der Waals surface area contributed by atoms with Gasteiger partial charge >= 0.3 is 0 Å². The van der Waals surface area contributed by atoms with Gasteiger partial charge in [-0.2, -0.15) is 0 Å². The van der Waals surface area contributed by atoms with Crippen LogP contribution in [-0.4, -0.2) is 10.9 Å². The normalized spacial score (nSPS) is 11.0. The lowest BCUT2D eigenvalue weighted by molar-refractivity contribution is -0.119. The van der Waals surface area contributed by atoms with Crippen LogP contribution in [0.15, 0.2) is 115 Å². The third-order valence-corrected chi connectivity index (χ3v) is 4.87. The summed E-state index contributed by atoms with van der Waals surface area (Å²) in [6.07, 6.45) is 1.67. The number of hydrogen-bond acceptors (Lipinski definition) is 2. The van der Waals surface area contributed by atoms with Crippen LogP contribution in [0.5, 0.6) is 0 Å². The van der Waals surface area contributed by atoms with E-state index in [-0.39, 0.29) is 5.91 Å². The molecule has 0 aliphatic heterocycles. The fourth-order valence-electron chi connectivity index (χ4n) is 3.60. The Hall–Kier alpha value is -3.72. The third-order valence-electron chi connectivity index (χ3n) is 4.87. The summed E-state index contributed by atoms with van der Waals surface area (Å²) in [4.78, 5) is 18.2. The molecular formula is C25H20N2O. The molecule has 0 atom stereocenters. The lowest BCUT2D eigenvalue weighted by Crippen LogP contribution is -2.42. The maximum absolute atomic E-state index is 13.9. The summed E-state index contributed by atoms with van der Waals surface area (Å²) in [5.41, 5.74) is 1.71. The fourth-order valence-corrected chi connectivity index (χ4v) is 3.60.